The van der Waals surface area contributed by atoms with Crippen LogP contribution in [0.4, 0.5) is 0 Å². The van der Waals surface area contributed by atoms with Gasteiger partial charge in [-0.1, -0.05) is 0 Å². The molecule has 0 aromatic carbocycles. The first-order chi connectivity index (χ1) is 7.34. The molecule has 0 atom stereocenters. The Labute approximate surface area is 90.8 Å². The molecule has 0 spiro atoms. The van der Waals surface area contributed by atoms with Crippen molar-refractivity contribution in [1.29, 1.82) is 0 Å². The number of carbonyl (C=O) groups excluding carboxylic acids is 1. The van der Waals surface area contributed by atoms with Crippen LogP contribution < -0.4 is 0 Å². The third-order valence-corrected chi connectivity index (χ3v) is 3.72. The lowest BCUT2D eigenvalue weighted by Gasteiger charge is -2.06. The summed E-state index contributed by atoms with van der Waals surface area (Å²) in [6, 6.07) is 1.87. The highest BCUT2D eigenvalue weighted by atomic mass is 32.1. The average Bonchev–Trinajstić information content (AvgIpc) is 2.86. The number of ketones is 1. The van der Waals surface area contributed by atoms with Crippen LogP contribution in [-0.2, 0) is 6.42 Å². The molecule has 76 valence electrons. The third kappa shape index (κ3) is 1.41. The Morgan fingerprint density at radius 1 is 1.40 bits per heavy atom. The summed E-state index contributed by atoms with van der Waals surface area (Å²) in [5, 5.41) is 0.893. The highest BCUT2D eigenvalue weighted by Gasteiger charge is 2.22. The van der Waals surface area contributed by atoms with Crippen molar-refractivity contribution in [1.82, 2.24) is 4.98 Å². The summed E-state index contributed by atoms with van der Waals surface area (Å²) in [6.45, 7) is 0. The Bertz CT molecular complexity index is 499. The number of aromatic nitrogens is 1. The van der Waals surface area contributed by atoms with E-state index in [9.17, 15) is 4.79 Å². The molecule has 3 nitrogen and oxygen atoms in total. The number of hydrogen-bond donors (Lipinski definition) is 0. The standard InChI is InChI=1S/C11H9NO2S/c13-9-3-1-2-8-10(9)15-11(12-8)7-4-5-14-6-7/h4-6H,1-3H2. The molecule has 2 heterocycles. The molecule has 2 aromatic heterocycles. The number of hydrogen-bond acceptors (Lipinski definition) is 4. The summed E-state index contributed by atoms with van der Waals surface area (Å²) >= 11 is 1.48. The van der Waals surface area contributed by atoms with Crippen LogP contribution in [0.15, 0.2) is 23.0 Å². The largest absolute Gasteiger partial charge is 0.472 e. The van der Waals surface area contributed by atoms with E-state index in [1.165, 1.54) is 11.3 Å². The first-order valence-corrected chi connectivity index (χ1v) is 5.72. The van der Waals surface area contributed by atoms with E-state index < -0.39 is 0 Å². The van der Waals surface area contributed by atoms with E-state index >= 15 is 0 Å². The van der Waals surface area contributed by atoms with E-state index in [-0.39, 0.29) is 5.78 Å². The number of furan rings is 1. The molecular weight excluding hydrogens is 210 g/mol. The highest BCUT2D eigenvalue weighted by Crippen LogP contribution is 2.32. The van der Waals surface area contributed by atoms with Gasteiger partial charge in [-0.3, -0.25) is 4.79 Å². The molecule has 1 aliphatic rings. The fraction of sp³-hybridized carbons (Fsp3) is 0.273. The topological polar surface area (TPSA) is 43.1 Å². The van der Waals surface area contributed by atoms with Gasteiger partial charge in [0.2, 0.25) is 0 Å². The summed E-state index contributed by atoms with van der Waals surface area (Å²) in [4.78, 5) is 16.9. The molecule has 4 heteroatoms. The number of thiazole rings is 1. The molecule has 1 aliphatic carbocycles. The molecular formula is C11H9NO2S. The molecule has 0 saturated carbocycles. The van der Waals surface area contributed by atoms with Crippen molar-refractivity contribution in [3.8, 4) is 10.6 Å². The van der Waals surface area contributed by atoms with Crippen LogP contribution in [0.2, 0.25) is 0 Å². The van der Waals surface area contributed by atoms with Crippen molar-refractivity contribution in [2.45, 2.75) is 19.3 Å². The zero-order valence-electron chi connectivity index (χ0n) is 8.03. The number of Topliss-reactive ketones (excluding diaryl/α,β-unsaturated/α-hetero) is 1. The Morgan fingerprint density at radius 3 is 3.07 bits per heavy atom. The van der Waals surface area contributed by atoms with Gasteiger partial charge >= 0.3 is 0 Å². The van der Waals surface area contributed by atoms with Crippen LogP contribution in [-0.4, -0.2) is 10.8 Å². The lowest BCUT2D eigenvalue weighted by atomic mass is 10.0. The Balaban J connectivity index is 2.09. The number of carbonyl (C=O) groups is 1. The van der Waals surface area contributed by atoms with Crippen molar-refractivity contribution < 1.29 is 9.21 Å². The molecule has 2 aromatic rings. The molecule has 0 unspecified atom stereocenters. The first-order valence-electron chi connectivity index (χ1n) is 4.90. The van der Waals surface area contributed by atoms with Crippen molar-refractivity contribution in [3.05, 3.63) is 29.2 Å². The second kappa shape index (κ2) is 3.31. The maximum atomic E-state index is 11.6. The maximum absolute atomic E-state index is 11.6. The van der Waals surface area contributed by atoms with E-state index in [0.29, 0.717) is 6.42 Å². The van der Waals surface area contributed by atoms with Gasteiger partial charge in [-0.05, 0) is 18.9 Å². The fourth-order valence-electron chi connectivity index (χ4n) is 1.78. The minimum Gasteiger partial charge on any atom is -0.472 e. The Kier molecular flexibility index (Phi) is 1.95. The molecule has 0 aliphatic heterocycles. The van der Waals surface area contributed by atoms with Gasteiger partial charge in [0, 0.05) is 12.0 Å². The lowest BCUT2D eigenvalue weighted by Crippen LogP contribution is -2.07. The van der Waals surface area contributed by atoms with Crippen LogP contribution >= 0.6 is 11.3 Å². The van der Waals surface area contributed by atoms with Crippen LogP contribution in [0.5, 0.6) is 0 Å². The zero-order chi connectivity index (χ0) is 10.3. The second-order valence-corrected chi connectivity index (χ2v) is 4.58. The number of nitrogens with zero attached hydrogens (tertiary/aromatic N) is 1. The van der Waals surface area contributed by atoms with Gasteiger partial charge in [0.1, 0.15) is 11.3 Å². The summed E-state index contributed by atoms with van der Waals surface area (Å²) < 4.78 is 5.01. The molecule has 0 saturated heterocycles. The van der Waals surface area contributed by atoms with Gasteiger partial charge in [-0.15, -0.1) is 11.3 Å². The Hall–Kier alpha value is -1.42. The Morgan fingerprint density at radius 2 is 2.33 bits per heavy atom. The molecule has 0 amide bonds. The summed E-state index contributed by atoms with van der Waals surface area (Å²) in [5.41, 5.74) is 1.93. The average molecular weight is 219 g/mol. The van der Waals surface area contributed by atoms with Crippen LogP contribution in [0.3, 0.4) is 0 Å². The van der Waals surface area contributed by atoms with Gasteiger partial charge in [-0.25, -0.2) is 4.98 Å². The second-order valence-electron chi connectivity index (χ2n) is 3.58. The van der Waals surface area contributed by atoms with Crippen LogP contribution in [0.1, 0.15) is 28.2 Å². The van der Waals surface area contributed by atoms with Gasteiger partial charge < -0.3 is 4.42 Å². The number of rotatable bonds is 1. The van der Waals surface area contributed by atoms with Crippen LogP contribution in [0, 0.1) is 0 Å². The first kappa shape index (κ1) is 8.85. The zero-order valence-corrected chi connectivity index (χ0v) is 8.84. The lowest BCUT2D eigenvalue weighted by molar-refractivity contribution is 0.0976. The van der Waals surface area contributed by atoms with Gasteiger partial charge in [-0.2, -0.15) is 0 Å². The molecule has 3 rings (SSSR count). The third-order valence-electron chi connectivity index (χ3n) is 2.54. The van der Waals surface area contributed by atoms with E-state index in [4.69, 9.17) is 4.42 Å². The molecule has 0 radical (unpaired) electrons. The predicted molar refractivity (Wildman–Crippen MR) is 57.1 cm³/mol. The van der Waals surface area contributed by atoms with Gasteiger partial charge in [0.15, 0.2) is 5.78 Å². The van der Waals surface area contributed by atoms with Crippen molar-refractivity contribution in [2.24, 2.45) is 0 Å². The molecule has 0 N–H and O–H groups in total. The normalized spacial score (nSPS) is 15.3. The fourth-order valence-corrected chi connectivity index (χ4v) is 2.84. The quantitative estimate of drug-likeness (QED) is 0.740. The SMILES string of the molecule is O=C1CCCc2nc(-c3ccoc3)sc21. The molecule has 0 bridgehead atoms. The minimum absolute atomic E-state index is 0.239. The van der Waals surface area contributed by atoms with E-state index in [1.807, 2.05) is 6.07 Å². The minimum atomic E-state index is 0.239. The van der Waals surface area contributed by atoms with Crippen molar-refractivity contribution in [3.63, 3.8) is 0 Å². The predicted octanol–water partition coefficient (Wildman–Crippen LogP) is 2.92. The molecule has 15 heavy (non-hydrogen) atoms. The van der Waals surface area contributed by atoms with E-state index in [2.05, 4.69) is 4.98 Å². The maximum Gasteiger partial charge on any atom is 0.174 e. The summed E-state index contributed by atoms with van der Waals surface area (Å²) in [6.07, 6.45) is 5.81. The summed E-state index contributed by atoms with van der Waals surface area (Å²) in [7, 11) is 0. The highest BCUT2D eigenvalue weighted by molar-refractivity contribution is 7.17. The molecule has 0 fully saturated rings. The van der Waals surface area contributed by atoms with Crippen LogP contribution in [0.25, 0.3) is 10.6 Å². The number of fused-ring (bicyclic) bond motifs is 1. The van der Waals surface area contributed by atoms with Gasteiger partial charge in [0.05, 0.1) is 16.8 Å². The van der Waals surface area contributed by atoms with E-state index in [1.54, 1.807) is 12.5 Å². The monoisotopic (exact) mass is 219 g/mol. The van der Waals surface area contributed by atoms with Crippen molar-refractivity contribution in [2.75, 3.05) is 0 Å². The number of aryl methyl sites for hydroxylation is 1. The smallest absolute Gasteiger partial charge is 0.174 e. The van der Waals surface area contributed by atoms with Crippen molar-refractivity contribution >= 4 is 17.1 Å². The van der Waals surface area contributed by atoms with E-state index in [0.717, 1.165) is 34.0 Å². The van der Waals surface area contributed by atoms with Gasteiger partial charge in [0.25, 0.3) is 0 Å². The summed E-state index contributed by atoms with van der Waals surface area (Å²) in [5.74, 6) is 0.239.